The van der Waals surface area contributed by atoms with Gasteiger partial charge in [0.05, 0.1) is 26.9 Å². The molecule has 0 saturated carbocycles. The Bertz CT molecular complexity index is 5690. The second-order valence-electron chi connectivity index (χ2n) is 41.8. The number of ether oxygens (including phenoxy) is 5. The van der Waals surface area contributed by atoms with Crippen molar-refractivity contribution in [3.63, 3.8) is 0 Å². The van der Waals surface area contributed by atoms with Crippen LogP contribution in [0.25, 0.3) is 18.2 Å². The highest BCUT2D eigenvalue weighted by Crippen LogP contribution is 2.34. The Morgan fingerprint density at radius 2 is 0.463 bits per heavy atom. The van der Waals surface area contributed by atoms with Crippen LogP contribution in [0, 0.1) is 13.8 Å². The first-order valence-corrected chi connectivity index (χ1v) is 58.1. The van der Waals surface area contributed by atoms with E-state index in [9.17, 15) is 0 Å². The van der Waals surface area contributed by atoms with Crippen LogP contribution in [0.2, 0.25) is 0 Å². The average Bonchev–Trinajstić information content (AvgIpc) is 0.842. The fraction of sp³-hybridized carbons (Fsp3) is 0.451. The summed E-state index contributed by atoms with van der Waals surface area (Å²) in [6, 6.07) is 85.9. The zero-order valence-electron chi connectivity index (χ0n) is 93.7. The van der Waals surface area contributed by atoms with E-state index in [0.717, 1.165) is 62.3 Å². The highest BCUT2D eigenvalue weighted by molar-refractivity contribution is 5.52. The highest BCUT2D eigenvalue weighted by atomic mass is 16.5. The van der Waals surface area contributed by atoms with Gasteiger partial charge in [0.2, 0.25) is 0 Å². The summed E-state index contributed by atoms with van der Waals surface area (Å²) in [5.41, 5.74) is 43.0. The number of hydrogen-bond donors (Lipinski definition) is 0. The number of benzene rings is 12. The van der Waals surface area contributed by atoms with Crippen molar-refractivity contribution in [1.82, 2.24) is 0 Å². The van der Waals surface area contributed by atoms with Crippen molar-refractivity contribution in [3.8, 4) is 23.0 Å². The van der Waals surface area contributed by atoms with Crippen molar-refractivity contribution >= 4 is 18.2 Å². The SMILES string of the molecule is C=Cc1cccc(C)c1.C=Cc1cccc(CCCC)c1.C=Cc1cccc(CCCCCC)c1.CCCCCCCOc1ccc2c(c1)CC2.CCCCCCOc1ccc2c(c1)CC2.CCCCCCc1ccc2c(c1)CC2.CCCCc1ccc2c(c1)CC2.CCCc1ccc2c(c1)CC2.CCc1ccc2c(c1)CC2.COCCCCOc1ccc2c(c1)CC2.COc1ccc2c(c1)CC2.Cc1ccc2c(c1)CC2. The van der Waals surface area contributed by atoms with Crippen LogP contribution in [-0.4, -0.2) is 40.6 Å². The van der Waals surface area contributed by atoms with E-state index in [1.807, 2.05) is 36.4 Å². The molecular formula is C142H188O5. The zero-order valence-corrected chi connectivity index (χ0v) is 93.7. The minimum atomic E-state index is 0.794. The molecule has 0 amide bonds. The largest absolute Gasteiger partial charge is 0.497 e. The molecule has 786 valence electrons. The van der Waals surface area contributed by atoms with Gasteiger partial charge in [-0.25, -0.2) is 0 Å². The zero-order chi connectivity index (χ0) is 104. The molecule has 147 heavy (non-hydrogen) atoms. The molecule has 0 aliphatic heterocycles. The molecule has 9 aliphatic carbocycles. The number of unbranched alkanes of at least 4 members (excludes halogenated alkanes) is 16. The van der Waals surface area contributed by atoms with E-state index < -0.39 is 0 Å². The Labute approximate surface area is 894 Å². The quantitative estimate of drug-likeness (QED) is 0.0357. The second kappa shape index (κ2) is 69.3. The smallest absolute Gasteiger partial charge is 0.119 e. The topological polar surface area (TPSA) is 46.2 Å². The molecule has 9 aliphatic rings. The summed E-state index contributed by atoms with van der Waals surface area (Å²) in [4.78, 5) is 0. The first-order valence-electron chi connectivity index (χ1n) is 58.1. The van der Waals surface area contributed by atoms with Gasteiger partial charge in [-0.1, -0.05) is 395 Å². The van der Waals surface area contributed by atoms with Gasteiger partial charge in [-0.3, -0.25) is 0 Å². The van der Waals surface area contributed by atoms with E-state index >= 15 is 0 Å². The summed E-state index contributed by atoms with van der Waals surface area (Å²) < 4.78 is 27.2. The third-order valence-corrected chi connectivity index (χ3v) is 30.0. The number of fused-ring (bicyclic) bond motifs is 9. The molecule has 5 nitrogen and oxygen atoms in total. The van der Waals surface area contributed by atoms with E-state index in [4.69, 9.17) is 23.7 Å². The predicted molar refractivity (Wildman–Crippen MR) is 637 cm³/mol. The van der Waals surface area contributed by atoms with Gasteiger partial charge in [0.15, 0.2) is 0 Å². The third-order valence-electron chi connectivity index (χ3n) is 30.0. The van der Waals surface area contributed by atoms with E-state index in [2.05, 4.69) is 307 Å². The molecular weight excluding hydrogens is 1790 g/mol. The summed E-state index contributed by atoms with van der Waals surface area (Å²) >= 11 is 0. The van der Waals surface area contributed by atoms with Gasteiger partial charge in [0, 0.05) is 13.7 Å². The molecule has 12 aromatic rings. The molecule has 21 rings (SSSR count). The molecule has 0 unspecified atom stereocenters. The predicted octanol–water partition coefficient (Wildman–Crippen LogP) is 37.2. The average molecular weight is 1980 g/mol. The molecule has 0 spiro atoms. The summed E-state index contributed by atoms with van der Waals surface area (Å²) in [5.74, 6) is 4.13. The molecule has 5 heteroatoms. The molecule has 0 N–H and O–H groups in total. The fourth-order valence-corrected chi connectivity index (χ4v) is 19.3. The second-order valence-corrected chi connectivity index (χ2v) is 41.8. The molecule has 0 radical (unpaired) electrons. The van der Waals surface area contributed by atoms with E-state index in [1.165, 1.54) is 395 Å². The molecule has 0 aromatic heterocycles. The van der Waals surface area contributed by atoms with E-state index in [-0.39, 0.29) is 0 Å². The third kappa shape index (κ3) is 42.9. The lowest BCUT2D eigenvalue weighted by Crippen LogP contribution is -2.08. The minimum Gasteiger partial charge on any atom is -0.497 e. The minimum absolute atomic E-state index is 0.794. The van der Waals surface area contributed by atoms with E-state index in [0.29, 0.717) is 0 Å². The molecule has 0 atom stereocenters. The van der Waals surface area contributed by atoms with Gasteiger partial charge in [0.25, 0.3) is 0 Å². The Balaban J connectivity index is 0.000000165. The van der Waals surface area contributed by atoms with Gasteiger partial charge in [-0.05, 0) is 418 Å². The maximum atomic E-state index is 5.76. The first-order chi connectivity index (χ1) is 72.1. The maximum Gasteiger partial charge on any atom is 0.119 e. The Morgan fingerprint density at radius 3 is 0.762 bits per heavy atom. The van der Waals surface area contributed by atoms with Crippen molar-refractivity contribution in [2.45, 2.75) is 377 Å². The van der Waals surface area contributed by atoms with Crippen LogP contribution in [0.15, 0.2) is 256 Å². The van der Waals surface area contributed by atoms with Gasteiger partial charge in [-0.2, -0.15) is 0 Å². The Morgan fingerprint density at radius 1 is 0.204 bits per heavy atom. The van der Waals surface area contributed by atoms with Gasteiger partial charge in [0.1, 0.15) is 23.0 Å². The number of methoxy groups -OCH3 is 2. The van der Waals surface area contributed by atoms with Crippen molar-refractivity contribution in [2.24, 2.45) is 0 Å². The standard InChI is InChI=1S/C15H22O.C14H20O.2C14H20.C13H18O2.2C12H16.C11H14.C10H12.C9H10O.2C9H10/c1-2-3-4-5-6-11-16-15-10-9-13-7-8-14(13)12-15;1-2-3-4-5-10-15-14-9-8-12-6-7-13(12)11-14;1-2-3-4-5-6-12-7-8-13-9-10-14(13)11-12;1-3-5-6-7-9-14-11-8-10-13(4-2)12-14;1-14-8-2-3-9-15-13-7-6-11-4-5-12(11)10-13;1-2-3-4-10-5-6-11-7-8-12(11)9-10;1-3-5-7-12-9-6-8-11(4-2)10-12;1-2-3-9-4-5-10-6-7-11(10)8-9;1-2-8-3-4-9-5-6-10(9)7-8;1-10-9-5-4-7-2-3-8(7)6-9;1-7-2-3-8-4-5-9(8)6-7;1-3-9-6-4-5-8(2)7-9/h9-10,12H,2-8,11H2,1H3;8-9,11H,2-7,10H2,1H3;7-8,11H,2-6,9-10H2,1H3;4,8,10-12H,2-3,5-7,9H2,1H3;6-7,10H,2-5,8-9H2,1H3;5-6,9H,2-4,7-8H2,1H3;4,6,8-10H,2-3,5,7H2,1H3;4-5,8H,2-3,6-7H2,1H3;3-4,7H,2,5-6H2,1H3;4-6H,2-3H2,1H3;2-3,6H,4-5H2,1H3;3-7H,1H2,2H3. The number of aryl methyl sites for hydroxylation is 26. The monoisotopic (exact) mass is 1970 g/mol. The Kier molecular flexibility index (Phi) is 55.6. The van der Waals surface area contributed by atoms with Crippen LogP contribution in [0.3, 0.4) is 0 Å². The molecule has 0 saturated heterocycles. The van der Waals surface area contributed by atoms with Crippen LogP contribution in [0.1, 0.15) is 371 Å². The summed E-state index contributed by atoms with van der Waals surface area (Å²) in [6.45, 7) is 36.7. The molecule has 0 heterocycles. The highest BCUT2D eigenvalue weighted by Gasteiger charge is 2.20. The van der Waals surface area contributed by atoms with Gasteiger partial charge < -0.3 is 23.7 Å². The lowest BCUT2D eigenvalue weighted by Gasteiger charge is -2.19. The first kappa shape index (κ1) is 118. The fourth-order valence-electron chi connectivity index (χ4n) is 19.3. The number of rotatable bonds is 42. The van der Waals surface area contributed by atoms with Crippen molar-refractivity contribution in [3.05, 3.63) is 418 Å². The molecule has 0 bridgehead atoms. The maximum absolute atomic E-state index is 5.76. The van der Waals surface area contributed by atoms with Crippen LogP contribution in [0.4, 0.5) is 0 Å². The van der Waals surface area contributed by atoms with Crippen LogP contribution in [-0.2, 0) is 159 Å². The van der Waals surface area contributed by atoms with Gasteiger partial charge >= 0.3 is 0 Å². The van der Waals surface area contributed by atoms with Crippen LogP contribution in [0.5, 0.6) is 23.0 Å². The summed E-state index contributed by atoms with van der Waals surface area (Å²) in [7, 11) is 3.44. The van der Waals surface area contributed by atoms with Crippen LogP contribution < -0.4 is 18.9 Å². The van der Waals surface area contributed by atoms with Gasteiger partial charge in [-0.15, -0.1) is 0 Å². The summed E-state index contributed by atoms with van der Waals surface area (Å²) in [5, 5.41) is 0. The Hall–Kier alpha value is -11.0. The normalized spacial score (nSPS) is 12.6. The lowest BCUT2D eigenvalue weighted by molar-refractivity contribution is 0.184. The van der Waals surface area contributed by atoms with E-state index in [1.54, 1.807) is 75.4 Å². The van der Waals surface area contributed by atoms with Crippen molar-refractivity contribution < 1.29 is 23.7 Å². The van der Waals surface area contributed by atoms with Crippen molar-refractivity contribution in [2.75, 3.05) is 40.6 Å². The summed E-state index contributed by atoms with van der Waals surface area (Å²) in [6.07, 6.45) is 67.1. The molecule has 0 fully saturated rings. The molecule has 12 aromatic carbocycles. The van der Waals surface area contributed by atoms with Crippen molar-refractivity contribution in [1.29, 1.82) is 0 Å². The number of hydrogen-bond acceptors (Lipinski definition) is 5. The lowest BCUT2D eigenvalue weighted by atomic mass is 9.86. The van der Waals surface area contributed by atoms with Crippen LogP contribution >= 0.6 is 0 Å².